The molecule has 19 heavy (non-hydrogen) atoms. The van der Waals surface area contributed by atoms with E-state index >= 15 is 0 Å². The minimum absolute atomic E-state index is 0.663. The summed E-state index contributed by atoms with van der Waals surface area (Å²) in [5.74, 6) is 0. The standard InChI is InChI=1S/C14H16ClN3S/c1-18(12-3-2-4-12)14-17-16-13(19-14)9-10-5-7-11(15)8-6-10/h5-8,12H,2-4,9H2,1H3. The maximum atomic E-state index is 5.89. The molecule has 0 radical (unpaired) electrons. The number of benzene rings is 1. The number of halogens is 1. The molecule has 1 fully saturated rings. The molecule has 1 aliphatic carbocycles. The van der Waals surface area contributed by atoms with Crippen LogP contribution in [0.2, 0.25) is 5.02 Å². The summed E-state index contributed by atoms with van der Waals surface area (Å²) < 4.78 is 0. The highest BCUT2D eigenvalue weighted by Gasteiger charge is 2.24. The van der Waals surface area contributed by atoms with E-state index in [0.717, 1.165) is 21.6 Å². The number of nitrogens with zero attached hydrogens (tertiary/aromatic N) is 3. The zero-order valence-corrected chi connectivity index (χ0v) is 12.4. The highest BCUT2D eigenvalue weighted by Crippen LogP contribution is 2.30. The first kappa shape index (κ1) is 12.9. The summed E-state index contributed by atoms with van der Waals surface area (Å²) in [5, 5.41) is 11.5. The Hall–Kier alpha value is -1.13. The van der Waals surface area contributed by atoms with Gasteiger partial charge in [0, 0.05) is 24.5 Å². The zero-order valence-electron chi connectivity index (χ0n) is 10.8. The van der Waals surface area contributed by atoms with Crippen molar-refractivity contribution >= 4 is 28.1 Å². The Balaban J connectivity index is 1.68. The van der Waals surface area contributed by atoms with Crippen molar-refractivity contribution in [1.29, 1.82) is 0 Å². The Morgan fingerprint density at radius 2 is 2.00 bits per heavy atom. The summed E-state index contributed by atoms with van der Waals surface area (Å²) in [6, 6.07) is 8.58. The Bertz CT molecular complexity index is 548. The molecule has 1 heterocycles. The van der Waals surface area contributed by atoms with Gasteiger partial charge in [-0.05, 0) is 37.0 Å². The second kappa shape index (κ2) is 5.47. The van der Waals surface area contributed by atoms with Crippen LogP contribution >= 0.6 is 22.9 Å². The van der Waals surface area contributed by atoms with E-state index in [2.05, 4.69) is 22.1 Å². The average Bonchev–Trinajstić information content (AvgIpc) is 2.78. The van der Waals surface area contributed by atoms with Gasteiger partial charge < -0.3 is 4.90 Å². The van der Waals surface area contributed by atoms with Crippen molar-refractivity contribution in [2.45, 2.75) is 31.7 Å². The van der Waals surface area contributed by atoms with Gasteiger partial charge >= 0.3 is 0 Å². The molecule has 0 aliphatic heterocycles. The average molecular weight is 294 g/mol. The topological polar surface area (TPSA) is 29.0 Å². The van der Waals surface area contributed by atoms with Gasteiger partial charge in [0.05, 0.1) is 0 Å². The van der Waals surface area contributed by atoms with Crippen LogP contribution in [0.1, 0.15) is 29.8 Å². The first-order chi connectivity index (χ1) is 9.22. The molecule has 0 saturated heterocycles. The van der Waals surface area contributed by atoms with Gasteiger partial charge in [-0.2, -0.15) is 0 Å². The summed E-state index contributed by atoms with van der Waals surface area (Å²) in [6.45, 7) is 0. The first-order valence-corrected chi connectivity index (χ1v) is 7.71. The molecule has 3 nitrogen and oxygen atoms in total. The summed E-state index contributed by atoms with van der Waals surface area (Å²) in [4.78, 5) is 2.27. The van der Waals surface area contributed by atoms with Crippen molar-refractivity contribution in [2.75, 3.05) is 11.9 Å². The molecule has 5 heteroatoms. The molecule has 3 rings (SSSR count). The van der Waals surface area contributed by atoms with E-state index in [4.69, 9.17) is 11.6 Å². The van der Waals surface area contributed by atoms with Crippen molar-refractivity contribution in [3.8, 4) is 0 Å². The monoisotopic (exact) mass is 293 g/mol. The van der Waals surface area contributed by atoms with Crippen LogP contribution < -0.4 is 4.90 Å². The van der Waals surface area contributed by atoms with E-state index in [-0.39, 0.29) is 0 Å². The molecule has 0 N–H and O–H groups in total. The fraction of sp³-hybridized carbons (Fsp3) is 0.429. The molecule has 1 saturated carbocycles. The van der Waals surface area contributed by atoms with Gasteiger partial charge in [0.25, 0.3) is 0 Å². The first-order valence-electron chi connectivity index (χ1n) is 6.52. The predicted octanol–water partition coefficient (Wildman–Crippen LogP) is 3.77. The molecule has 1 aromatic carbocycles. The molecule has 1 aromatic heterocycles. The maximum Gasteiger partial charge on any atom is 0.208 e. The quantitative estimate of drug-likeness (QED) is 0.859. The summed E-state index contributed by atoms with van der Waals surface area (Å²) in [5.41, 5.74) is 1.22. The van der Waals surface area contributed by atoms with E-state index in [9.17, 15) is 0 Å². The number of hydrogen-bond acceptors (Lipinski definition) is 4. The molecule has 1 aliphatic rings. The number of hydrogen-bond donors (Lipinski definition) is 0. The SMILES string of the molecule is CN(c1nnc(Cc2ccc(Cl)cc2)s1)C1CCC1. The van der Waals surface area contributed by atoms with Gasteiger partial charge in [-0.15, -0.1) is 10.2 Å². The van der Waals surface area contributed by atoms with Crippen molar-refractivity contribution in [3.63, 3.8) is 0 Å². The molecule has 0 spiro atoms. The van der Waals surface area contributed by atoms with Gasteiger partial charge in [0.2, 0.25) is 5.13 Å². The summed E-state index contributed by atoms with van der Waals surface area (Å²) >= 11 is 7.57. The molecular weight excluding hydrogens is 278 g/mol. The molecule has 0 amide bonds. The number of rotatable bonds is 4. The lowest BCUT2D eigenvalue weighted by Crippen LogP contribution is -2.36. The van der Waals surface area contributed by atoms with Crippen LogP contribution in [0.3, 0.4) is 0 Å². The lowest BCUT2D eigenvalue weighted by Gasteiger charge is -2.34. The van der Waals surface area contributed by atoms with Gasteiger partial charge in [0.1, 0.15) is 5.01 Å². The van der Waals surface area contributed by atoms with Gasteiger partial charge in [-0.1, -0.05) is 35.1 Å². The van der Waals surface area contributed by atoms with Crippen molar-refractivity contribution < 1.29 is 0 Å². The van der Waals surface area contributed by atoms with Gasteiger partial charge in [-0.25, -0.2) is 0 Å². The predicted molar refractivity (Wildman–Crippen MR) is 80.2 cm³/mol. The second-order valence-corrected chi connectivity index (χ2v) is 6.45. The van der Waals surface area contributed by atoms with Crippen LogP contribution in [0.15, 0.2) is 24.3 Å². The third kappa shape index (κ3) is 2.90. The minimum Gasteiger partial charge on any atom is -0.347 e. The fourth-order valence-corrected chi connectivity index (χ4v) is 3.20. The van der Waals surface area contributed by atoms with E-state index in [0.29, 0.717) is 6.04 Å². The lowest BCUT2D eigenvalue weighted by molar-refractivity contribution is 0.400. The minimum atomic E-state index is 0.663. The molecule has 2 aromatic rings. The molecule has 0 bridgehead atoms. The van der Waals surface area contributed by atoms with E-state index in [1.807, 2.05) is 24.3 Å². The Morgan fingerprint density at radius 1 is 1.26 bits per heavy atom. The van der Waals surface area contributed by atoms with Crippen LogP contribution in [-0.2, 0) is 6.42 Å². The highest BCUT2D eigenvalue weighted by molar-refractivity contribution is 7.15. The fourth-order valence-electron chi connectivity index (χ4n) is 2.17. The van der Waals surface area contributed by atoms with E-state index in [1.54, 1.807) is 11.3 Å². The van der Waals surface area contributed by atoms with Crippen molar-refractivity contribution in [2.24, 2.45) is 0 Å². The van der Waals surface area contributed by atoms with Gasteiger partial charge in [0.15, 0.2) is 0 Å². The van der Waals surface area contributed by atoms with Crippen LogP contribution in [-0.4, -0.2) is 23.3 Å². The lowest BCUT2D eigenvalue weighted by atomic mass is 9.92. The largest absolute Gasteiger partial charge is 0.347 e. The smallest absolute Gasteiger partial charge is 0.208 e. The van der Waals surface area contributed by atoms with E-state index in [1.165, 1.54) is 24.8 Å². The third-order valence-electron chi connectivity index (χ3n) is 3.65. The van der Waals surface area contributed by atoms with Crippen LogP contribution in [0.4, 0.5) is 5.13 Å². The van der Waals surface area contributed by atoms with Crippen LogP contribution in [0, 0.1) is 0 Å². The van der Waals surface area contributed by atoms with E-state index < -0.39 is 0 Å². The molecule has 100 valence electrons. The van der Waals surface area contributed by atoms with Crippen molar-refractivity contribution in [1.82, 2.24) is 10.2 Å². The highest BCUT2D eigenvalue weighted by atomic mass is 35.5. The number of aromatic nitrogens is 2. The Labute approximate surface area is 122 Å². The second-order valence-electron chi connectivity index (χ2n) is 4.98. The molecule has 0 atom stereocenters. The normalized spacial score (nSPS) is 15.3. The van der Waals surface area contributed by atoms with Crippen LogP contribution in [0.25, 0.3) is 0 Å². The third-order valence-corrected chi connectivity index (χ3v) is 4.91. The number of anilines is 1. The Kier molecular flexibility index (Phi) is 3.71. The van der Waals surface area contributed by atoms with Crippen LogP contribution in [0.5, 0.6) is 0 Å². The Morgan fingerprint density at radius 3 is 2.63 bits per heavy atom. The summed E-state index contributed by atoms with van der Waals surface area (Å²) in [6.07, 6.45) is 4.73. The molecular formula is C14H16ClN3S. The van der Waals surface area contributed by atoms with Gasteiger partial charge in [-0.3, -0.25) is 0 Å². The zero-order chi connectivity index (χ0) is 13.2. The molecule has 0 unspecified atom stereocenters. The van der Waals surface area contributed by atoms with Crippen molar-refractivity contribution in [3.05, 3.63) is 39.9 Å². The maximum absolute atomic E-state index is 5.89. The summed E-state index contributed by atoms with van der Waals surface area (Å²) in [7, 11) is 2.12.